The molecular weight excluding hydrogens is 512 g/mol. The van der Waals surface area contributed by atoms with Crippen LogP contribution >= 0.6 is 24.0 Å². The van der Waals surface area contributed by atoms with E-state index in [4.69, 9.17) is 10.5 Å². The molecule has 0 atom stereocenters. The van der Waals surface area contributed by atoms with Crippen molar-refractivity contribution < 1.29 is 22.6 Å². The van der Waals surface area contributed by atoms with Crippen molar-refractivity contribution in [2.75, 3.05) is 44.7 Å². The van der Waals surface area contributed by atoms with E-state index in [0.717, 1.165) is 45.7 Å². The van der Waals surface area contributed by atoms with Crippen molar-refractivity contribution in [3.05, 3.63) is 24.3 Å². The number of hydrogen-bond acceptors (Lipinski definition) is 4. The van der Waals surface area contributed by atoms with Crippen LogP contribution in [0.15, 0.2) is 29.3 Å². The SMILES string of the molecule is I.NC(=NCC1(CN2CCOCC2)CCCCC1)Nc1ccc(OC(F)(F)F)cc1. The van der Waals surface area contributed by atoms with Gasteiger partial charge in [-0.1, -0.05) is 19.3 Å². The maximum absolute atomic E-state index is 12.2. The van der Waals surface area contributed by atoms with Gasteiger partial charge in [0, 0.05) is 37.3 Å². The Morgan fingerprint density at radius 1 is 1.13 bits per heavy atom. The predicted molar refractivity (Wildman–Crippen MR) is 121 cm³/mol. The lowest BCUT2D eigenvalue weighted by molar-refractivity contribution is -0.274. The molecule has 1 aliphatic heterocycles. The Bertz CT molecular complexity index is 674. The third-order valence-electron chi connectivity index (χ3n) is 5.52. The van der Waals surface area contributed by atoms with Crippen molar-refractivity contribution in [1.82, 2.24) is 4.90 Å². The van der Waals surface area contributed by atoms with E-state index in [1.165, 1.54) is 43.5 Å². The van der Waals surface area contributed by atoms with Crippen molar-refractivity contribution in [2.45, 2.75) is 38.5 Å². The Morgan fingerprint density at radius 3 is 2.37 bits per heavy atom. The van der Waals surface area contributed by atoms with Crippen LogP contribution in [0, 0.1) is 5.41 Å². The van der Waals surface area contributed by atoms with E-state index in [2.05, 4.69) is 19.9 Å². The van der Waals surface area contributed by atoms with Gasteiger partial charge in [-0.05, 0) is 37.1 Å². The predicted octanol–water partition coefficient (Wildman–Crippen LogP) is 4.21. The lowest BCUT2D eigenvalue weighted by atomic mass is 9.73. The second-order valence-corrected chi connectivity index (χ2v) is 7.85. The van der Waals surface area contributed by atoms with Crippen LogP contribution in [-0.2, 0) is 4.74 Å². The third-order valence-corrected chi connectivity index (χ3v) is 5.52. The summed E-state index contributed by atoms with van der Waals surface area (Å²) in [5.74, 6) is -0.00774. The zero-order valence-corrected chi connectivity index (χ0v) is 19.2. The van der Waals surface area contributed by atoms with E-state index in [0.29, 0.717) is 12.2 Å². The van der Waals surface area contributed by atoms with E-state index in [-0.39, 0.29) is 41.1 Å². The fourth-order valence-corrected chi connectivity index (χ4v) is 4.08. The van der Waals surface area contributed by atoms with Crippen LogP contribution < -0.4 is 15.8 Å². The van der Waals surface area contributed by atoms with Crippen LogP contribution in [0.1, 0.15) is 32.1 Å². The summed E-state index contributed by atoms with van der Waals surface area (Å²) in [4.78, 5) is 7.03. The zero-order chi connectivity index (χ0) is 20.7. The highest BCUT2D eigenvalue weighted by Gasteiger charge is 2.34. The average Bonchev–Trinajstić information content (AvgIpc) is 2.68. The number of benzene rings is 1. The minimum atomic E-state index is -4.70. The molecule has 0 aromatic heterocycles. The van der Waals surface area contributed by atoms with Crippen molar-refractivity contribution in [3.8, 4) is 5.75 Å². The first-order valence-corrected chi connectivity index (χ1v) is 10.1. The number of halogens is 4. The van der Waals surface area contributed by atoms with E-state index in [9.17, 15) is 13.2 Å². The molecule has 1 saturated heterocycles. The van der Waals surface area contributed by atoms with E-state index in [1.807, 2.05) is 0 Å². The molecule has 0 spiro atoms. The van der Waals surface area contributed by atoms with Crippen LogP contribution in [0.5, 0.6) is 5.75 Å². The number of rotatable bonds is 6. The quantitative estimate of drug-likeness (QED) is 0.320. The first-order chi connectivity index (χ1) is 13.8. The molecule has 1 aliphatic carbocycles. The smallest absolute Gasteiger partial charge is 0.406 e. The Kier molecular flexibility index (Phi) is 9.48. The molecule has 0 radical (unpaired) electrons. The van der Waals surface area contributed by atoms with Crippen LogP contribution in [0.4, 0.5) is 18.9 Å². The second kappa shape index (κ2) is 11.4. The summed E-state index contributed by atoms with van der Waals surface area (Å²) in [6.45, 7) is 5.08. The molecule has 1 aromatic rings. The summed E-state index contributed by atoms with van der Waals surface area (Å²) in [5.41, 5.74) is 6.73. The number of aliphatic imine (C=N–C) groups is 1. The number of hydrogen-bond donors (Lipinski definition) is 2. The van der Waals surface area contributed by atoms with Gasteiger partial charge in [0.25, 0.3) is 0 Å². The largest absolute Gasteiger partial charge is 0.573 e. The second-order valence-electron chi connectivity index (χ2n) is 7.85. The van der Waals surface area contributed by atoms with E-state index in [1.54, 1.807) is 0 Å². The van der Waals surface area contributed by atoms with E-state index < -0.39 is 6.36 Å². The highest BCUT2D eigenvalue weighted by Crippen LogP contribution is 2.37. The molecule has 30 heavy (non-hydrogen) atoms. The monoisotopic (exact) mass is 542 g/mol. The maximum atomic E-state index is 12.2. The first-order valence-electron chi connectivity index (χ1n) is 10.1. The first kappa shape index (κ1) is 25.0. The molecule has 2 fully saturated rings. The molecular formula is C20H30F3IN4O2. The van der Waals surface area contributed by atoms with Gasteiger partial charge in [0.2, 0.25) is 0 Å². The summed E-state index contributed by atoms with van der Waals surface area (Å²) in [6.07, 6.45) is 1.22. The van der Waals surface area contributed by atoms with Crippen molar-refractivity contribution in [2.24, 2.45) is 16.1 Å². The van der Waals surface area contributed by atoms with E-state index >= 15 is 0 Å². The highest BCUT2D eigenvalue weighted by atomic mass is 127. The molecule has 10 heteroatoms. The summed E-state index contributed by atoms with van der Waals surface area (Å²) in [5, 5.41) is 2.95. The molecule has 6 nitrogen and oxygen atoms in total. The van der Waals surface area contributed by atoms with Gasteiger partial charge in [-0.15, -0.1) is 37.1 Å². The highest BCUT2D eigenvalue weighted by molar-refractivity contribution is 14.0. The number of anilines is 1. The molecule has 170 valence electrons. The van der Waals surface area contributed by atoms with Gasteiger partial charge in [-0.25, -0.2) is 0 Å². The average molecular weight is 542 g/mol. The van der Waals surface area contributed by atoms with Gasteiger partial charge in [0.05, 0.1) is 13.2 Å². The molecule has 2 aliphatic rings. The summed E-state index contributed by atoms with van der Waals surface area (Å²) in [7, 11) is 0. The van der Waals surface area contributed by atoms with Gasteiger partial charge in [-0.2, -0.15) is 0 Å². The molecule has 1 aromatic carbocycles. The lowest BCUT2D eigenvalue weighted by Crippen LogP contribution is -2.46. The van der Waals surface area contributed by atoms with Gasteiger partial charge in [0.1, 0.15) is 5.75 Å². The maximum Gasteiger partial charge on any atom is 0.573 e. The Balaban J connectivity index is 0.00000320. The van der Waals surface area contributed by atoms with Gasteiger partial charge < -0.3 is 20.5 Å². The Hall–Kier alpha value is -1.27. The minimum Gasteiger partial charge on any atom is -0.406 e. The minimum absolute atomic E-state index is 0. The van der Waals surface area contributed by atoms with Crippen LogP contribution in [-0.4, -0.2) is 56.6 Å². The number of nitrogens with two attached hydrogens (primary N) is 1. The van der Waals surface area contributed by atoms with Crippen molar-refractivity contribution in [1.29, 1.82) is 0 Å². The topological polar surface area (TPSA) is 72.1 Å². The molecule has 3 rings (SSSR count). The summed E-state index contributed by atoms with van der Waals surface area (Å²) < 4.78 is 46.1. The summed E-state index contributed by atoms with van der Waals surface area (Å²) >= 11 is 0. The summed E-state index contributed by atoms with van der Waals surface area (Å²) in [6, 6.07) is 5.44. The molecule has 0 unspecified atom stereocenters. The number of nitrogens with zero attached hydrogens (tertiary/aromatic N) is 2. The molecule has 1 heterocycles. The van der Waals surface area contributed by atoms with Crippen LogP contribution in [0.3, 0.4) is 0 Å². The Morgan fingerprint density at radius 2 is 1.77 bits per heavy atom. The fourth-order valence-electron chi connectivity index (χ4n) is 4.08. The number of morpholine rings is 1. The van der Waals surface area contributed by atoms with Gasteiger partial charge in [0.15, 0.2) is 5.96 Å². The lowest BCUT2D eigenvalue weighted by Gasteiger charge is -2.41. The molecule has 3 N–H and O–H groups in total. The van der Waals surface area contributed by atoms with Crippen molar-refractivity contribution >= 4 is 35.6 Å². The number of alkyl halides is 3. The standard InChI is InChI=1S/C20H29F3N4O2.HI/c21-20(22,23)29-17-6-4-16(5-7-17)26-18(24)25-14-19(8-2-1-3-9-19)15-27-10-12-28-13-11-27;/h4-7H,1-3,8-15H2,(H3,24,25,26);1H. The number of guanidine groups is 1. The van der Waals surface area contributed by atoms with Gasteiger partial charge >= 0.3 is 6.36 Å². The number of ether oxygens (including phenoxy) is 2. The van der Waals surface area contributed by atoms with Crippen molar-refractivity contribution in [3.63, 3.8) is 0 Å². The van der Waals surface area contributed by atoms with Crippen LogP contribution in [0.25, 0.3) is 0 Å². The van der Waals surface area contributed by atoms with Gasteiger partial charge in [-0.3, -0.25) is 9.89 Å². The molecule has 0 bridgehead atoms. The number of nitrogens with one attached hydrogen (secondary N) is 1. The third kappa shape index (κ3) is 8.10. The molecule has 0 amide bonds. The zero-order valence-electron chi connectivity index (χ0n) is 16.9. The normalized spacial score (nSPS) is 20.3. The molecule has 1 saturated carbocycles. The Labute approximate surface area is 192 Å². The fraction of sp³-hybridized carbons (Fsp3) is 0.650. The van der Waals surface area contributed by atoms with Crippen LogP contribution in [0.2, 0.25) is 0 Å².